The number of nitrogens with zero attached hydrogens (tertiary/aromatic N) is 1. The van der Waals surface area contributed by atoms with Gasteiger partial charge in [-0.1, -0.05) is 35.9 Å². The van der Waals surface area contributed by atoms with E-state index >= 15 is 0 Å². The number of pyridine rings is 1. The number of hydrogen-bond donors (Lipinski definition) is 3. The average Bonchev–Trinajstić information content (AvgIpc) is 2.55. The molecule has 0 saturated carbocycles. The van der Waals surface area contributed by atoms with Crippen LogP contribution in [-0.4, -0.2) is 16.0 Å². The molecule has 0 unspecified atom stereocenters. The molecule has 5 nitrogen and oxygen atoms in total. The number of nitrogens with one attached hydrogen (secondary N) is 3. The molecule has 2 heterocycles. The first-order valence-corrected chi connectivity index (χ1v) is 8.10. The number of amides is 1. The van der Waals surface area contributed by atoms with E-state index in [1.54, 1.807) is 24.4 Å². The Bertz CT molecular complexity index is 822. The maximum atomic E-state index is 12.8. The monoisotopic (exact) mass is 358 g/mol. The summed E-state index contributed by atoms with van der Waals surface area (Å²) in [5.41, 5.74) is 1.98. The van der Waals surface area contributed by atoms with Crippen LogP contribution in [0.4, 0.5) is 5.82 Å². The molecule has 1 aromatic carbocycles. The van der Waals surface area contributed by atoms with Crippen LogP contribution in [0.2, 0.25) is 5.02 Å². The summed E-state index contributed by atoms with van der Waals surface area (Å²) in [6.45, 7) is 1.81. The summed E-state index contributed by atoms with van der Waals surface area (Å²) in [5.74, 6) is 0.215. The number of anilines is 1. The van der Waals surface area contributed by atoms with Crippen LogP contribution < -0.4 is 16.0 Å². The van der Waals surface area contributed by atoms with Crippen LogP contribution in [-0.2, 0) is 4.79 Å². The topological polar surface area (TPSA) is 66.0 Å². The first-order valence-electron chi connectivity index (χ1n) is 7.31. The molecule has 1 aliphatic rings. The number of carbonyl (C=O) groups excluding carboxylic acids is 1. The summed E-state index contributed by atoms with van der Waals surface area (Å²) in [6.07, 6.45) is 1.62. The van der Waals surface area contributed by atoms with Gasteiger partial charge in [-0.05, 0) is 42.9 Å². The van der Waals surface area contributed by atoms with E-state index in [4.69, 9.17) is 23.8 Å². The van der Waals surface area contributed by atoms with Crippen molar-refractivity contribution in [3.05, 3.63) is 70.5 Å². The van der Waals surface area contributed by atoms with Crippen LogP contribution in [0.3, 0.4) is 0 Å². The van der Waals surface area contributed by atoms with Crippen LogP contribution in [0.5, 0.6) is 0 Å². The van der Waals surface area contributed by atoms with Gasteiger partial charge in [0.15, 0.2) is 5.11 Å². The van der Waals surface area contributed by atoms with E-state index in [2.05, 4.69) is 20.9 Å². The zero-order valence-electron chi connectivity index (χ0n) is 12.8. The Hall–Kier alpha value is -2.44. The number of aromatic nitrogens is 1. The second kappa shape index (κ2) is 6.98. The molecule has 3 N–H and O–H groups in total. The SMILES string of the molecule is CC1=C(C(=O)Nc2ccccn2)[C@@H](c2ccccc2Cl)NC(=S)N1. The first kappa shape index (κ1) is 16.4. The van der Waals surface area contributed by atoms with E-state index in [0.29, 0.717) is 27.2 Å². The molecular weight excluding hydrogens is 344 g/mol. The van der Waals surface area contributed by atoms with Gasteiger partial charge in [-0.15, -0.1) is 0 Å². The van der Waals surface area contributed by atoms with Gasteiger partial charge in [-0.25, -0.2) is 4.98 Å². The molecule has 0 radical (unpaired) electrons. The Balaban J connectivity index is 1.98. The quantitative estimate of drug-likeness (QED) is 0.735. The molecule has 24 heavy (non-hydrogen) atoms. The fourth-order valence-electron chi connectivity index (χ4n) is 2.56. The highest BCUT2D eigenvalue weighted by Crippen LogP contribution is 2.31. The van der Waals surface area contributed by atoms with Crippen molar-refractivity contribution in [2.24, 2.45) is 0 Å². The third-order valence-electron chi connectivity index (χ3n) is 3.64. The summed E-state index contributed by atoms with van der Waals surface area (Å²) >= 11 is 11.5. The largest absolute Gasteiger partial charge is 0.351 e. The minimum absolute atomic E-state index is 0.265. The lowest BCUT2D eigenvalue weighted by molar-refractivity contribution is -0.113. The molecule has 0 aliphatic carbocycles. The van der Waals surface area contributed by atoms with Gasteiger partial charge in [0.25, 0.3) is 5.91 Å². The summed E-state index contributed by atoms with van der Waals surface area (Å²) in [4.78, 5) is 16.9. The van der Waals surface area contributed by atoms with Crippen molar-refractivity contribution >= 4 is 40.7 Å². The van der Waals surface area contributed by atoms with Gasteiger partial charge in [0.05, 0.1) is 11.6 Å². The second-order valence-electron chi connectivity index (χ2n) is 5.26. The van der Waals surface area contributed by atoms with Gasteiger partial charge >= 0.3 is 0 Å². The average molecular weight is 359 g/mol. The Labute approximate surface area is 150 Å². The van der Waals surface area contributed by atoms with Crippen molar-refractivity contribution in [1.82, 2.24) is 15.6 Å². The van der Waals surface area contributed by atoms with Gasteiger partial charge in [-0.3, -0.25) is 4.79 Å². The Morgan fingerprint density at radius 2 is 2.00 bits per heavy atom. The van der Waals surface area contributed by atoms with Crippen molar-refractivity contribution in [1.29, 1.82) is 0 Å². The maximum Gasteiger partial charge on any atom is 0.256 e. The van der Waals surface area contributed by atoms with Gasteiger partial charge in [-0.2, -0.15) is 0 Å². The minimum Gasteiger partial charge on any atom is -0.351 e. The molecule has 0 saturated heterocycles. The Kier molecular flexibility index (Phi) is 4.78. The summed E-state index contributed by atoms with van der Waals surface area (Å²) < 4.78 is 0. The fraction of sp³-hybridized carbons (Fsp3) is 0.118. The van der Waals surface area contributed by atoms with Crippen molar-refractivity contribution in [2.75, 3.05) is 5.32 Å². The second-order valence-corrected chi connectivity index (χ2v) is 6.08. The number of thiocarbonyl (C=S) groups is 1. The minimum atomic E-state index is -0.434. The third kappa shape index (κ3) is 3.39. The van der Waals surface area contributed by atoms with Crippen molar-refractivity contribution < 1.29 is 4.79 Å². The van der Waals surface area contributed by atoms with Crippen LogP contribution in [0.1, 0.15) is 18.5 Å². The van der Waals surface area contributed by atoms with E-state index in [1.165, 1.54) is 0 Å². The Morgan fingerprint density at radius 1 is 1.25 bits per heavy atom. The molecular formula is C17H15ClN4OS. The summed E-state index contributed by atoms with van der Waals surface area (Å²) in [7, 11) is 0. The van der Waals surface area contributed by atoms with Crippen LogP contribution in [0.15, 0.2) is 59.9 Å². The van der Waals surface area contributed by atoms with Crippen molar-refractivity contribution in [3.8, 4) is 0 Å². The highest BCUT2D eigenvalue weighted by Gasteiger charge is 2.31. The lowest BCUT2D eigenvalue weighted by Crippen LogP contribution is -2.45. The van der Waals surface area contributed by atoms with Crippen LogP contribution in [0, 0.1) is 0 Å². The predicted molar refractivity (Wildman–Crippen MR) is 98.6 cm³/mol. The number of hydrogen-bond acceptors (Lipinski definition) is 3. The molecule has 1 aliphatic heterocycles. The molecule has 3 rings (SSSR count). The number of benzene rings is 1. The smallest absolute Gasteiger partial charge is 0.256 e. The number of allylic oxidation sites excluding steroid dienone is 1. The molecule has 2 aromatic rings. The highest BCUT2D eigenvalue weighted by atomic mass is 35.5. The zero-order valence-corrected chi connectivity index (χ0v) is 14.4. The lowest BCUT2D eigenvalue weighted by Gasteiger charge is -2.30. The van der Waals surface area contributed by atoms with E-state index < -0.39 is 6.04 Å². The first-order chi connectivity index (χ1) is 11.6. The molecule has 122 valence electrons. The normalized spacial score (nSPS) is 17.1. The zero-order chi connectivity index (χ0) is 17.1. The van der Waals surface area contributed by atoms with Gasteiger partial charge in [0.1, 0.15) is 5.82 Å². The van der Waals surface area contributed by atoms with Crippen molar-refractivity contribution in [3.63, 3.8) is 0 Å². The standard InChI is InChI=1S/C17H15ClN4OS/c1-10-14(16(23)21-13-8-4-5-9-19-13)15(22-17(24)20-10)11-6-2-3-7-12(11)18/h2-9,15H,1H3,(H,19,21,23)(H2,20,22,24)/t15-/m1/s1. The van der Waals surface area contributed by atoms with Crippen molar-refractivity contribution in [2.45, 2.75) is 13.0 Å². The highest BCUT2D eigenvalue weighted by molar-refractivity contribution is 7.80. The third-order valence-corrected chi connectivity index (χ3v) is 4.20. The molecule has 1 aromatic heterocycles. The fourth-order valence-corrected chi connectivity index (χ4v) is 3.07. The van der Waals surface area contributed by atoms with Gasteiger partial charge in [0.2, 0.25) is 0 Å². The summed E-state index contributed by atoms with van der Waals surface area (Å²) in [5, 5.41) is 9.93. The Morgan fingerprint density at radius 3 is 2.71 bits per heavy atom. The molecule has 0 fully saturated rings. The lowest BCUT2D eigenvalue weighted by atomic mass is 9.95. The van der Waals surface area contributed by atoms with E-state index in [9.17, 15) is 4.79 Å². The van der Waals surface area contributed by atoms with Crippen LogP contribution in [0.25, 0.3) is 0 Å². The molecule has 0 spiro atoms. The maximum absolute atomic E-state index is 12.8. The van der Waals surface area contributed by atoms with E-state index in [-0.39, 0.29) is 5.91 Å². The number of halogens is 1. The van der Waals surface area contributed by atoms with E-state index in [1.807, 2.05) is 31.2 Å². The number of rotatable bonds is 3. The van der Waals surface area contributed by atoms with E-state index in [0.717, 1.165) is 5.56 Å². The summed E-state index contributed by atoms with van der Waals surface area (Å²) in [6, 6.07) is 12.3. The molecule has 1 atom stereocenters. The van der Waals surface area contributed by atoms with Gasteiger partial charge in [0, 0.05) is 16.9 Å². The predicted octanol–water partition coefficient (Wildman–Crippen LogP) is 3.17. The van der Waals surface area contributed by atoms with Gasteiger partial charge < -0.3 is 16.0 Å². The molecule has 7 heteroatoms. The number of carbonyl (C=O) groups is 1. The molecule has 1 amide bonds. The molecule has 0 bridgehead atoms. The van der Waals surface area contributed by atoms with Crippen LogP contribution >= 0.6 is 23.8 Å².